The van der Waals surface area contributed by atoms with Gasteiger partial charge in [0.05, 0.1) is 18.1 Å². The SMILES string of the molecule is N[C@@H]1c2cccnc2CC12CCN(c1ncc(-c3cccc(F)c3F)n3nccc13)CC2. The van der Waals surface area contributed by atoms with Crippen molar-refractivity contribution in [3.8, 4) is 11.3 Å². The Hall–Kier alpha value is -3.39. The van der Waals surface area contributed by atoms with Crippen molar-refractivity contribution in [2.24, 2.45) is 11.1 Å². The summed E-state index contributed by atoms with van der Waals surface area (Å²) in [4.78, 5) is 11.4. The van der Waals surface area contributed by atoms with E-state index in [1.165, 1.54) is 17.7 Å². The zero-order valence-electron chi connectivity index (χ0n) is 17.4. The Morgan fingerprint density at radius 2 is 1.84 bits per heavy atom. The van der Waals surface area contributed by atoms with E-state index in [1.807, 2.05) is 18.3 Å². The van der Waals surface area contributed by atoms with Gasteiger partial charge in [0.2, 0.25) is 0 Å². The van der Waals surface area contributed by atoms with Gasteiger partial charge in [-0.15, -0.1) is 0 Å². The largest absolute Gasteiger partial charge is 0.355 e. The van der Waals surface area contributed by atoms with Gasteiger partial charge in [0, 0.05) is 36.6 Å². The van der Waals surface area contributed by atoms with Gasteiger partial charge >= 0.3 is 0 Å². The molecule has 4 aromatic rings. The minimum atomic E-state index is -0.901. The first-order chi connectivity index (χ1) is 15.6. The Morgan fingerprint density at radius 1 is 1.00 bits per heavy atom. The van der Waals surface area contributed by atoms with Gasteiger partial charge < -0.3 is 10.6 Å². The van der Waals surface area contributed by atoms with Crippen LogP contribution in [0.15, 0.2) is 55.0 Å². The maximum atomic E-state index is 14.4. The molecule has 0 unspecified atom stereocenters. The fourth-order valence-corrected chi connectivity index (χ4v) is 5.34. The summed E-state index contributed by atoms with van der Waals surface area (Å²) in [6.07, 6.45) is 7.84. The Labute approximate surface area is 183 Å². The predicted octanol–water partition coefficient (Wildman–Crippen LogP) is 3.91. The summed E-state index contributed by atoms with van der Waals surface area (Å²) in [6, 6.07) is 10.0. The van der Waals surface area contributed by atoms with Crippen LogP contribution in [0.1, 0.15) is 30.1 Å². The van der Waals surface area contributed by atoms with Gasteiger partial charge in [-0.3, -0.25) is 4.98 Å². The van der Waals surface area contributed by atoms with Gasteiger partial charge in [0.25, 0.3) is 0 Å². The maximum absolute atomic E-state index is 14.4. The number of anilines is 1. The Kier molecular flexibility index (Phi) is 4.26. The van der Waals surface area contributed by atoms with Crippen molar-refractivity contribution in [1.29, 1.82) is 0 Å². The molecule has 162 valence electrons. The molecule has 0 saturated carbocycles. The molecule has 1 aliphatic carbocycles. The van der Waals surface area contributed by atoms with Crippen LogP contribution < -0.4 is 10.6 Å². The molecule has 6 nitrogen and oxygen atoms in total. The van der Waals surface area contributed by atoms with Crippen LogP contribution in [-0.4, -0.2) is 32.7 Å². The second kappa shape index (κ2) is 7.06. The Bertz CT molecular complexity index is 1330. The molecule has 6 rings (SSSR count). The summed E-state index contributed by atoms with van der Waals surface area (Å²) in [5, 5.41) is 4.36. The molecule has 1 atom stereocenters. The molecule has 1 aliphatic heterocycles. The van der Waals surface area contributed by atoms with Crippen LogP contribution in [-0.2, 0) is 6.42 Å². The highest BCUT2D eigenvalue weighted by molar-refractivity contribution is 5.74. The highest BCUT2D eigenvalue weighted by Gasteiger charge is 2.46. The molecule has 1 aromatic carbocycles. The molecule has 0 radical (unpaired) electrons. The first-order valence-corrected chi connectivity index (χ1v) is 10.8. The quantitative estimate of drug-likeness (QED) is 0.520. The van der Waals surface area contributed by atoms with Crippen LogP contribution in [0.4, 0.5) is 14.6 Å². The number of piperidine rings is 1. The predicted molar refractivity (Wildman–Crippen MR) is 117 cm³/mol. The highest BCUT2D eigenvalue weighted by Crippen LogP contribution is 2.50. The smallest absolute Gasteiger partial charge is 0.168 e. The third kappa shape index (κ3) is 2.75. The lowest BCUT2D eigenvalue weighted by atomic mass is 9.73. The van der Waals surface area contributed by atoms with Crippen LogP contribution in [0.3, 0.4) is 0 Å². The second-order valence-corrected chi connectivity index (χ2v) is 8.74. The zero-order chi connectivity index (χ0) is 21.9. The van der Waals surface area contributed by atoms with Crippen LogP contribution in [0.5, 0.6) is 0 Å². The van der Waals surface area contributed by atoms with Gasteiger partial charge in [-0.1, -0.05) is 12.1 Å². The fourth-order valence-electron chi connectivity index (χ4n) is 5.34. The van der Waals surface area contributed by atoms with Crippen molar-refractivity contribution in [2.75, 3.05) is 18.0 Å². The molecule has 2 aliphatic rings. The van der Waals surface area contributed by atoms with Crippen molar-refractivity contribution in [3.05, 3.63) is 77.9 Å². The number of pyridine rings is 1. The number of hydrogen-bond acceptors (Lipinski definition) is 5. The van der Waals surface area contributed by atoms with Crippen LogP contribution >= 0.6 is 0 Å². The number of rotatable bonds is 2. The molecular weight excluding hydrogens is 410 g/mol. The minimum Gasteiger partial charge on any atom is -0.355 e. The lowest BCUT2D eigenvalue weighted by Crippen LogP contribution is -2.44. The van der Waals surface area contributed by atoms with Crippen LogP contribution in [0, 0.1) is 17.0 Å². The first-order valence-electron chi connectivity index (χ1n) is 10.8. The van der Waals surface area contributed by atoms with E-state index < -0.39 is 11.6 Å². The number of halogens is 2. The lowest BCUT2D eigenvalue weighted by molar-refractivity contribution is 0.187. The third-order valence-corrected chi connectivity index (χ3v) is 7.14. The summed E-state index contributed by atoms with van der Waals surface area (Å²) >= 11 is 0. The number of nitrogens with two attached hydrogens (primary N) is 1. The minimum absolute atomic E-state index is 0.00498. The molecule has 1 saturated heterocycles. The van der Waals surface area contributed by atoms with Crippen LogP contribution in [0.2, 0.25) is 0 Å². The lowest BCUT2D eigenvalue weighted by Gasteiger charge is -2.42. The van der Waals surface area contributed by atoms with Crippen molar-refractivity contribution in [2.45, 2.75) is 25.3 Å². The zero-order valence-corrected chi connectivity index (χ0v) is 17.4. The van der Waals surface area contributed by atoms with Gasteiger partial charge in [-0.25, -0.2) is 18.3 Å². The van der Waals surface area contributed by atoms with Crippen molar-refractivity contribution < 1.29 is 8.78 Å². The van der Waals surface area contributed by atoms with E-state index in [0.29, 0.717) is 5.69 Å². The number of aromatic nitrogens is 4. The number of nitrogens with zero attached hydrogens (tertiary/aromatic N) is 5. The Balaban J connectivity index is 1.31. The summed E-state index contributed by atoms with van der Waals surface area (Å²) < 4.78 is 29.8. The van der Waals surface area contributed by atoms with E-state index in [2.05, 4.69) is 26.0 Å². The topological polar surface area (TPSA) is 72.3 Å². The highest BCUT2D eigenvalue weighted by atomic mass is 19.2. The fraction of sp³-hybridized carbons (Fsp3) is 0.292. The molecule has 3 aromatic heterocycles. The summed E-state index contributed by atoms with van der Waals surface area (Å²) in [5.41, 5.74) is 10.3. The van der Waals surface area contributed by atoms with Crippen molar-refractivity contribution in [1.82, 2.24) is 19.6 Å². The van der Waals surface area contributed by atoms with Crippen molar-refractivity contribution >= 4 is 11.3 Å². The monoisotopic (exact) mass is 432 g/mol. The van der Waals surface area contributed by atoms with Crippen molar-refractivity contribution in [3.63, 3.8) is 0 Å². The molecule has 0 bridgehead atoms. The normalized spacial score (nSPS) is 19.6. The molecule has 4 heterocycles. The number of benzene rings is 1. The first kappa shape index (κ1) is 19.3. The number of fused-ring (bicyclic) bond motifs is 2. The average molecular weight is 432 g/mol. The molecular formula is C24H22F2N6. The summed E-state index contributed by atoms with van der Waals surface area (Å²) in [7, 11) is 0. The van der Waals surface area contributed by atoms with E-state index in [9.17, 15) is 8.78 Å². The molecule has 0 amide bonds. The average Bonchev–Trinajstić information content (AvgIpc) is 3.40. The van der Waals surface area contributed by atoms with Gasteiger partial charge in [-0.05, 0) is 54.5 Å². The molecule has 1 spiro atoms. The molecule has 2 N–H and O–H groups in total. The standard InChI is InChI=1S/C24H22F2N6/c25-17-5-1-3-16(21(17)26)20-14-29-23(19-6-10-30-32(19)20)31-11-7-24(8-12-31)13-18-15(22(24)27)4-2-9-28-18/h1-6,9-10,14,22H,7-8,11-13,27H2/t22-/m1/s1. The second-order valence-electron chi connectivity index (χ2n) is 8.74. The van der Waals surface area contributed by atoms with E-state index >= 15 is 0 Å². The molecule has 1 fully saturated rings. The van der Waals surface area contributed by atoms with Crippen LogP contribution in [0.25, 0.3) is 16.8 Å². The summed E-state index contributed by atoms with van der Waals surface area (Å²) in [6.45, 7) is 1.62. The number of hydrogen-bond donors (Lipinski definition) is 1. The van der Waals surface area contributed by atoms with E-state index in [4.69, 9.17) is 5.73 Å². The van der Waals surface area contributed by atoms with E-state index in [1.54, 1.807) is 16.9 Å². The molecule has 8 heteroatoms. The third-order valence-electron chi connectivity index (χ3n) is 7.14. The van der Waals surface area contributed by atoms with E-state index in [0.717, 1.165) is 55.4 Å². The van der Waals surface area contributed by atoms with E-state index in [-0.39, 0.29) is 17.0 Å². The van der Waals surface area contributed by atoms with Gasteiger partial charge in [0.15, 0.2) is 17.5 Å². The van der Waals surface area contributed by atoms with Gasteiger partial charge in [-0.2, -0.15) is 5.10 Å². The maximum Gasteiger partial charge on any atom is 0.168 e. The molecule has 32 heavy (non-hydrogen) atoms. The summed E-state index contributed by atoms with van der Waals surface area (Å²) in [5.74, 6) is -1.00. The van der Waals surface area contributed by atoms with Gasteiger partial charge in [0.1, 0.15) is 5.52 Å². The Morgan fingerprint density at radius 3 is 2.66 bits per heavy atom.